The molecule has 2 heterocycles. The highest BCUT2D eigenvalue weighted by Gasteiger charge is 2.18. The Labute approximate surface area is 183 Å². The predicted molar refractivity (Wildman–Crippen MR) is 121 cm³/mol. The minimum absolute atomic E-state index is 0.107. The molecule has 154 valence electrons. The van der Waals surface area contributed by atoms with Gasteiger partial charge >= 0.3 is 0 Å². The van der Waals surface area contributed by atoms with Gasteiger partial charge in [-0.25, -0.2) is 0 Å². The first-order valence-electron chi connectivity index (χ1n) is 9.95. The monoisotopic (exact) mass is 430 g/mol. The van der Waals surface area contributed by atoms with Crippen LogP contribution in [-0.2, 0) is 11.3 Å². The van der Waals surface area contributed by atoms with Gasteiger partial charge in [-0.1, -0.05) is 47.1 Å². The molecule has 2 N–H and O–H groups in total. The largest absolute Gasteiger partial charge is 0.355 e. The van der Waals surface area contributed by atoms with E-state index in [4.69, 9.17) is 16.1 Å². The van der Waals surface area contributed by atoms with Gasteiger partial charge < -0.3 is 14.8 Å². The Bertz CT molecular complexity index is 1390. The molecule has 0 aliphatic rings. The summed E-state index contributed by atoms with van der Waals surface area (Å²) in [7, 11) is 0. The second kappa shape index (κ2) is 7.89. The van der Waals surface area contributed by atoms with Crippen molar-refractivity contribution in [3.8, 4) is 11.5 Å². The summed E-state index contributed by atoms with van der Waals surface area (Å²) in [6, 6.07) is 21.3. The summed E-state index contributed by atoms with van der Waals surface area (Å²) in [5, 5.41) is 9.69. The van der Waals surface area contributed by atoms with Crippen molar-refractivity contribution in [2.45, 2.75) is 19.4 Å². The Morgan fingerprint density at radius 3 is 2.74 bits per heavy atom. The summed E-state index contributed by atoms with van der Waals surface area (Å²) < 4.78 is 5.29. The number of hydrogen-bond donors (Lipinski definition) is 2. The third-order valence-electron chi connectivity index (χ3n) is 5.39. The molecule has 5 aromatic rings. The summed E-state index contributed by atoms with van der Waals surface area (Å²) in [4.78, 5) is 20.5. The minimum Gasteiger partial charge on any atom is -0.355 e. The molecule has 0 saturated heterocycles. The number of hydrogen-bond acceptors (Lipinski definition) is 4. The lowest BCUT2D eigenvalue weighted by Crippen LogP contribution is -2.28. The van der Waals surface area contributed by atoms with E-state index < -0.39 is 0 Å². The van der Waals surface area contributed by atoms with Gasteiger partial charge in [0.1, 0.15) is 0 Å². The molecule has 0 fully saturated rings. The topological polar surface area (TPSA) is 83.8 Å². The maximum Gasteiger partial charge on any atom is 0.257 e. The van der Waals surface area contributed by atoms with Crippen LogP contribution in [0.25, 0.3) is 33.3 Å². The van der Waals surface area contributed by atoms with E-state index in [1.165, 1.54) is 0 Å². The molecule has 0 aliphatic heterocycles. The molecular formula is C24H19ClN4O2. The third kappa shape index (κ3) is 3.78. The zero-order valence-electron chi connectivity index (χ0n) is 16.7. The Kier molecular flexibility index (Phi) is 4.92. The van der Waals surface area contributed by atoms with Crippen LogP contribution >= 0.6 is 11.6 Å². The maximum absolute atomic E-state index is 12.7. The average Bonchev–Trinajstić information content (AvgIpc) is 3.41. The first kappa shape index (κ1) is 19.3. The van der Waals surface area contributed by atoms with Crippen molar-refractivity contribution in [1.82, 2.24) is 20.4 Å². The molecule has 31 heavy (non-hydrogen) atoms. The maximum atomic E-state index is 12.7. The van der Waals surface area contributed by atoms with Crippen LogP contribution in [0, 0.1) is 0 Å². The lowest BCUT2D eigenvalue weighted by Gasteiger charge is -2.11. The number of nitrogens with zero attached hydrogens (tertiary/aromatic N) is 2. The number of H-pyrrole nitrogens is 1. The highest BCUT2D eigenvalue weighted by atomic mass is 35.5. The van der Waals surface area contributed by atoms with Crippen LogP contribution in [0.1, 0.15) is 24.2 Å². The molecule has 0 spiro atoms. The number of nitrogens with one attached hydrogen (secondary N) is 2. The molecule has 0 bridgehead atoms. The molecule has 0 aliphatic carbocycles. The zero-order chi connectivity index (χ0) is 21.4. The lowest BCUT2D eigenvalue weighted by molar-refractivity contribution is -0.122. The van der Waals surface area contributed by atoms with Gasteiger partial charge in [-0.15, -0.1) is 0 Å². The van der Waals surface area contributed by atoms with Gasteiger partial charge in [-0.05, 0) is 48.9 Å². The smallest absolute Gasteiger partial charge is 0.257 e. The summed E-state index contributed by atoms with van der Waals surface area (Å²) in [5.74, 6) is 0.425. The van der Waals surface area contributed by atoms with Crippen LogP contribution < -0.4 is 5.32 Å². The molecule has 6 nitrogen and oxygen atoms in total. The second-order valence-corrected chi connectivity index (χ2v) is 7.88. The number of amides is 1. The molecular weight excluding hydrogens is 412 g/mol. The number of carbonyl (C=O) groups is 1. The lowest BCUT2D eigenvalue weighted by atomic mass is 9.98. The molecule has 0 radical (unpaired) electrons. The first-order valence-corrected chi connectivity index (χ1v) is 10.3. The van der Waals surface area contributed by atoms with Gasteiger partial charge in [0.15, 0.2) is 5.82 Å². The van der Waals surface area contributed by atoms with Crippen LogP contribution in [0.5, 0.6) is 0 Å². The Balaban J connectivity index is 1.30. The van der Waals surface area contributed by atoms with E-state index >= 15 is 0 Å². The Hall–Kier alpha value is -3.64. The van der Waals surface area contributed by atoms with Gasteiger partial charge in [0.25, 0.3) is 5.89 Å². The highest BCUT2D eigenvalue weighted by Crippen LogP contribution is 2.30. The minimum atomic E-state index is -0.333. The fraction of sp³-hybridized carbons (Fsp3) is 0.125. The second-order valence-electron chi connectivity index (χ2n) is 7.44. The van der Waals surface area contributed by atoms with E-state index in [9.17, 15) is 4.79 Å². The number of aromatic amines is 1. The fourth-order valence-electron chi connectivity index (χ4n) is 3.66. The normalized spacial score (nSPS) is 12.3. The molecule has 3 aromatic carbocycles. The van der Waals surface area contributed by atoms with Crippen LogP contribution in [0.4, 0.5) is 0 Å². The summed E-state index contributed by atoms with van der Waals surface area (Å²) >= 11 is 6.14. The van der Waals surface area contributed by atoms with Crippen molar-refractivity contribution in [1.29, 1.82) is 0 Å². The van der Waals surface area contributed by atoms with E-state index in [-0.39, 0.29) is 18.4 Å². The van der Waals surface area contributed by atoms with Crippen molar-refractivity contribution >= 4 is 39.3 Å². The summed E-state index contributed by atoms with van der Waals surface area (Å²) in [6.07, 6.45) is 0. The predicted octanol–water partition coefficient (Wildman–Crippen LogP) is 5.44. The Morgan fingerprint density at radius 2 is 1.90 bits per heavy atom. The quantitative estimate of drug-likeness (QED) is 0.388. The molecule has 0 saturated carbocycles. The van der Waals surface area contributed by atoms with Gasteiger partial charge in [0, 0.05) is 32.4 Å². The third-order valence-corrected chi connectivity index (χ3v) is 5.62. The van der Waals surface area contributed by atoms with E-state index in [0.717, 1.165) is 32.9 Å². The number of rotatable bonds is 5. The molecule has 2 aromatic heterocycles. The van der Waals surface area contributed by atoms with Crippen molar-refractivity contribution in [3.05, 3.63) is 83.1 Å². The van der Waals surface area contributed by atoms with Crippen molar-refractivity contribution < 1.29 is 9.32 Å². The van der Waals surface area contributed by atoms with Gasteiger partial charge in [0.2, 0.25) is 5.91 Å². The summed E-state index contributed by atoms with van der Waals surface area (Å²) in [6.45, 7) is 2.08. The standard InChI is InChI=1S/C24H19ClN4O2/c1-14(16-7-9-18-19-12-17(25)8-10-20(19)27-21(18)11-16)23(30)26-13-22-28-24(31-29-22)15-5-3-2-4-6-15/h2-12,14,27H,13H2,1H3,(H,26,30)/t14-/m0/s1. The average molecular weight is 431 g/mol. The fourth-order valence-corrected chi connectivity index (χ4v) is 3.83. The van der Waals surface area contributed by atoms with Crippen LogP contribution in [0.3, 0.4) is 0 Å². The van der Waals surface area contributed by atoms with Crippen molar-refractivity contribution in [2.24, 2.45) is 0 Å². The van der Waals surface area contributed by atoms with Crippen LogP contribution in [-0.4, -0.2) is 21.0 Å². The Morgan fingerprint density at radius 1 is 1.06 bits per heavy atom. The number of fused-ring (bicyclic) bond motifs is 3. The van der Waals surface area contributed by atoms with E-state index in [1.54, 1.807) is 0 Å². The van der Waals surface area contributed by atoms with E-state index in [1.807, 2.05) is 73.7 Å². The number of benzene rings is 3. The zero-order valence-corrected chi connectivity index (χ0v) is 17.5. The summed E-state index contributed by atoms with van der Waals surface area (Å²) in [5.41, 5.74) is 3.75. The number of aromatic nitrogens is 3. The van der Waals surface area contributed by atoms with E-state index in [0.29, 0.717) is 16.7 Å². The van der Waals surface area contributed by atoms with Gasteiger partial charge in [-0.3, -0.25) is 4.79 Å². The van der Waals surface area contributed by atoms with Crippen LogP contribution in [0.2, 0.25) is 5.02 Å². The van der Waals surface area contributed by atoms with Crippen molar-refractivity contribution in [2.75, 3.05) is 0 Å². The molecule has 1 atom stereocenters. The SMILES string of the molecule is C[C@H](C(=O)NCc1noc(-c2ccccc2)n1)c1ccc2c(c1)[nH]c1ccc(Cl)cc12. The molecule has 1 amide bonds. The number of halogens is 1. The molecule has 7 heteroatoms. The number of carbonyl (C=O) groups excluding carboxylic acids is 1. The van der Waals surface area contributed by atoms with Crippen molar-refractivity contribution in [3.63, 3.8) is 0 Å². The molecule has 5 rings (SSSR count). The van der Waals surface area contributed by atoms with E-state index in [2.05, 4.69) is 20.4 Å². The first-order chi connectivity index (χ1) is 15.1. The van der Waals surface area contributed by atoms with Gasteiger partial charge in [0.05, 0.1) is 12.5 Å². The van der Waals surface area contributed by atoms with Gasteiger partial charge in [-0.2, -0.15) is 4.98 Å². The highest BCUT2D eigenvalue weighted by molar-refractivity contribution is 6.31. The van der Waals surface area contributed by atoms with Crippen LogP contribution in [0.15, 0.2) is 71.3 Å². The molecule has 0 unspecified atom stereocenters.